The van der Waals surface area contributed by atoms with E-state index in [2.05, 4.69) is 48.2 Å². The Balaban J connectivity index is 1.59. The van der Waals surface area contributed by atoms with Gasteiger partial charge in [0.05, 0.1) is 11.1 Å². The second-order valence-electron chi connectivity index (χ2n) is 8.03. The van der Waals surface area contributed by atoms with Crippen LogP contribution in [0, 0.1) is 12.8 Å². The molecule has 0 N–H and O–H groups in total. The maximum absolute atomic E-state index is 5.70. The lowest BCUT2D eigenvalue weighted by Gasteiger charge is -2.32. The van der Waals surface area contributed by atoms with Crippen molar-refractivity contribution in [2.24, 2.45) is 5.92 Å². The van der Waals surface area contributed by atoms with E-state index in [4.69, 9.17) is 14.5 Å². The van der Waals surface area contributed by atoms with Crippen LogP contribution in [0.4, 0.5) is 5.82 Å². The van der Waals surface area contributed by atoms with Crippen molar-refractivity contribution in [3.8, 4) is 22.8 Å². The summed E-state index contributed by atoms with van der Waals surface area (Å²) in [7, 11) is 0. The van der Waals surface area contributed by atoms with Gasteiger partial charge in [0.1, 0.15) is 5.82 Å². The second-order valence-corrected chi connectivity index (χ2v) is 8.03. The van der Waals surface area contributed by atoms with E-state index in [1.807, 2.05) is 30.3 Å². The summed E-state index contributed by atoms with van der Waals surface area (Å²) in [6.07, 6.45) is 2.48. The maximum atomic E-state index is 5.70. The van der Waals surface area contributed by atoms with Gasteiger partial charge in [0.2, 0.25) is 5.82 Å². The number of aromatic nitrogens is 3. The van der Waals surface area contributed by atoms with Crippen LogP contribution in [0.2, 0.25) is 0 Å². The third-order valence-electron chi connectivity index (χ3n) is 5.65. The first-order valence-corrected chi connectivity index (χ1v) is 10.2. The summed E-state index contributed by atoms with van der Waals surface area (Å²) in [5, 5.41) is 5.26. The fraction of sp³-hybridized carbons (Fsp3) is 0.292. The van der Waals surface area contributed by atoms with E-state index in [-0.39, 0.29) is 0 Å². The maximum Gasteiger partial charge on any atom is 0.259 e. The van der Waals surface area contributed by atoms with Gasteiger partial charge in [-0.15, -0.1) is 0 Å². The molecule has 1 aliphatic rings. The van der Waals surface area contributed by atoms with Crippen LogP contribution >= 0.6 is 0 Å². The van der Waals surface area contributed by atoms with E-state index in [0.717, 1.165) is 40.9 Å². The molecule has 1 fully saturated rings. The molecule has 2 aromatic carbocycles. The Morgan fingerprint density at radius 1 is 1.03 bits per heavy atom. The fourth-order valence-corrected chi connectivity index (χ4v) is 4.05. The zero-order chi connectivity index (χ0) is 19.8. The van der Waals surface area contributed by atoms with Gasteiger partial charge in [-0.05, 0) is 37.8 Å². The van der Waals surface area contributed by atoms with Crippen LogP contribution in [0.15, 0.2) is 59.1 Å². The number of hydrogen-bond donors (Lipinski definition) is 0. The van der Waals surface area contributed by atoms with Crippen LogP contribution in [0.3, 0.4) is 0 Å². The Morgan fingerprint density at radius 2 is 1.86 bits per heavy atom. The smallest absolute Gasteiger partial charge is 0.259 e. The van der Waals surface area contributed by atoms with Gasteiger partial charge in [0.15, 0.2) is 0 Å². The van der Waals surface area contributed by atoms with E-state index in [1.165, 1.54) is 18.4 Å². The number of piperidine rings is 1. The summed E-state index contributed by atoms with van der Waals surface area (Å²) in [6, 6.07) is 18.4. The molecule has 2 aromatic heterocycles. The SMILES string of the molecule is Cc1ccc(-c2noc(-c3cc(N4CCC[C@@H](C)C4)nc4ccccc34)n2)cc1. The van der Waals surface area contributed by atoms with Crippen molar-refractivity contribution in [3.05, 3.63) is 60.2 Å². The van der Waals surface area contributed by atoms with Crippen LogP contribution in [-0.2, 0) is 0 Å². The number of hydrogen-bond acceptors (Lipinski definition) is 5. The summed E-state index contributed by atoms with van der Waals surface area (Å²) in [5.74, 6) is 2.80. The Bertz CT molecular complexity index is 1150. The minimum absolute atomic E-state index is 0.533. The molecule has 146 valence electrons. The van der Waals surface area contributed by atoms with Crippen molar-refractivity contribution in [1.29, 1.82) is 0 Å². The first-order valence-electron chi connectivity index (χ1n) is 10.2. The first-order chi connectivity index (χ1) is 14.2. The lowest BCUT2D eigenvalue weighted by Crippen LogP contribution is -2.34. The largest absolute Gasteiger partial charge is 0.356 e. The number of rotatable bonds is 3. The molecule has 1 saturated heterocycles. The highest BCUT2D eigenvalue weighted by molar-refractivity contribution is 5.94. The lowest BCUT2D eigenvalue weighted by molar-refractivity contribution is 0.432. The van der Waals surface area contributed by atoms with Gasteiger partial charge < -0.3 is 9.42 Å². The highest BCUT2D eigenvalue weighted by Gasteiger charge is 2.21. The van der Waals surface area contributed by atoms with E-state index in [9.17, 15) is 0 Å². The second kappa shape index (κ2) is 7.32. The molecule has 29 heavy (non-hydrogen) atoms. The molecule has 4 aromatic rings. The molecule has 5 rings (SSSR count). The van der Waals surface area contributed by atoms with E-state index in [0.29, 0.717) is 17.6 Å². The molecule has 3 heterocycles. The average Bonchev–Trinajstić information content (AvgIpc) is 3.23. The summed E-state index contributed by atoms with van der Waals surface area (Å²) in [5.41, 5.74) is 4.05. The number of anilines is 1. The van der Waals surface area contributed by atoms with Crippen LogP contribution in [0.1, 0.15) is 25.3 Å². The predicted molar refractivity (Wildman–Crippen MR) is 116 cm³/mol. The quantitative estimate of drug-likeness (QED) is 0.467. The Kier molecular flexibility index (Phi) is 4.51. The van der Waals surface area contributed by atoms with Gasteiger partial charge in [0, 0.05) is 24.0 Å². The minimum Gasteiger partial charge on any atom is -0.356 e. The molecule has 0 amide bonds. The highest BCUT2D eigenvalue weighted by atomic mass is 16.5. The summed E-state index contributed by atoms with van der Waals surface area (Å²) < 4.78 is 5.70. The van der Waals surface area contributed by atoms with Crippen molar-refractivity contribution in [3.63, 3.8) is 0 Å². The third-order valence-corrected chi connectivity index (χ3v) is 5.65. The Labute approximate surface area is 170 Å². The predicted octanol–water partition coefficient (Wildman–Crippen LogP) is 5.50. The monoisotopic (exact) mass is 384 g/mol. The normalized spacial score (nSPS) is 17.0. The molecule has 5 nitrogen and oxygen atoms in total. The molecule has 0 saturated carbocycles. The van der Waals surface area contributed by atoms with Crippen molar-refractivity contribution < 1.29 is 4.52 Å². The molecule has 5 heteroatoms. The molecular formula is C24H24N4O. The zero-order valence-electron chi connectivity index (χ0n) is 16.8. The van der Waals surface area contributed by atoms with Gasteiger partial charge >= 0.3 is 0 Å². The summed E-state index contributed by atoms with van der Waals surface area (Å²) in [6.45, 7) is 6.44. The molecule has 0 bridgehead atoms. The Hall–Kier alpha value is -3.21. The van der Waals surface area contributed by atoms with Gasteiger partial charge in [0.25, 0.3) is 5.89 Å². The number of para-hydroxylation sites is 1. The number of benzene rings is 2. The third kappa shape index (κ3) is 3.48. The van der Waals surface area contributed by atoms with Crippen LogP contribution in [0.25, 0.3) is 33.7 Å². The van der Waals surface area contributed by atoms with Crippen molar-refractivity contribution >= 4 is 16.7 Å². The molecule has 0 spiro atoms. The van der Waals surface area contributed by atoms with Gasteiger partial charge in [-0.3, -0.25) is 0 Å². The number of nitrogens with zero attached hydrogens (tertiary/aromatic N) is 4. The number of aryl methyl sites for hydroxylation is 1. The lowest BCUT2D eigenvalue weighted by atomic mass is 10.00. The highest BCUT2D eigenvalue weighted by Crippen LogP contribution is 2.33. The van der Waals surface area contributed by atoms with E-state index in [1.54, 1.807) is 0 Å². The molecule has 0 aliphatic carbocycles. The number of fused-ring (bicyclic) bond motifs is 1. The average molecular weight is 384 g/mol. The molecule has 0 unspecified atom stereocenters. The van der Waals surface area contributed by atoms with E-state index >= 15 is 0 Å². The van der Waals surface area contributed by atoms with Crippen LogP contribution < -0.4 is 4.90 Å². The van der Waals surface area contributed by atoms with Gasteiger partial charge in [-0.1, -0.05) is 60.1 Å². The molecular weight excluding hydrogens is 360 g/mol. The number of pyridine rings is 1. The van der Waals surface area contributed by atoms with Crippen molar-refractivity contribution in [2.45, 2.75) is 26.7 Å². The minimum atomic E-state index is 0.533. The zero-order valence-corrected chi connectivity index (χ0v) is 16.8. The molecule has 1 atom stereocenters. The van der Waals surface area contributed by atoms with Crippen molar-refractivity contribution in [1.82, 2.24) is 15.1 Å². The standard InChI is InChI=1S/C24H24N4O/c1-16-9-11-18(12-10-16)23-26-24(29-27-23)20-14-22(28-13-5-6-17(2)15-28)25-21-8-4-3-7-19(20)21/h3-4,7-12,14,17H,5-6,13,15H2,1-2H3/t17-/m1/s1. The van der Waals surface area contributed by atoms with Crippen molar-refractivity contribution in [2.75, 3.05) is 18.0 Å². The molecule has 1 aliphatic heterocycles. The van der Waals surface area contributed by atoms with E-state index < -0.39 is 0 Å². The topological polar surface area (TPSA) is 55.1 Å². The van der Waals surface area contributed by atoms with Crippen LogP contribution in [0.5, 0.6) is 0 Å². The van der Waals surface area contributed by atoms with Crippen LogP contribution in [-0.4, -0.2) is 28.2 Å². The molecule has 0 radical (unpaired) electrons. The summed E-state index contributed by atoms with van der Waals surface area (Å²) >= 11 is 0. The summed E-state index contributed by atoms with van der Waals surface area (Å²) in [4.78, 5) is 12.0. The Morgan fingerprint density at radius 3 is 2.69 bits per heavy atom. The van der Waals surface area contributed by atoms with Gasteiger partial charge in [-0.25, -0.2) is 4.98 Å². The first kappa shape index (κ1) is 17.9. The van der Waals surface area contributed by atoms with Gasteiger partial charge in [-0.2, -0.15) is 4.98 Å². The fourth-order valence-electron chi connectivity index (χ4n) is 4.05.